The van der Waals surface area contributed by atoms with E-state index >= 15 is 0 Å². The van der Waals surface area contributed by atoms with Crippen molar-refractivity contribution in [3.8, 4) is 0 Å². The molecule has 1 nitrogen and oxygen atoms in total. The van der Waals surface area contributed by atoms with Crippen LogP contribution < -0.4 is 0 Å². The van der Waals surface area contributed by atoms with E-state index in [1.165, 1.54) is 16.5 Å². The molecule has 0 aliphatic rings. The van der Waals surface area contributed by atoms with Crippen LogP contribution in [-0.4, -0.2) is 4.98 Å². The van der Waals surface area contributed by atoms with Crippen molar-refractivity contribution in [2.45, 2.75) is 6.92 Å². The van der Waals surface area contributed by atoms with Crippen molar-refractivity contribution < 1.29 is 32.7 Å². The van der Waals surface area contributed by atoms with Gasteiger partial charge in [0.15, 0.2) is 0 Å². The summed E-state index contributed by atoms with van der Waals surface area (Å²) in [5.74, 6) is 0. The summed E-state index contributed by atoms with van der Waals surface area (Å²) in [4.78, 5) is 3.17. The number of benzene rings is 1. The standard InChI is InChI=1S/C9H8N.Y/c1-7-6-10-9-5-3-2-4-8(7)9;/h3-6,10H,1H3;/q-1;+3. The monoisotopic (exact) mass is 219 g/mol. The maximum atomic E-state index is 3.17. The first kappa shape index (κ1) is 8.96. The zero-order chi connectivity index (χ0) is 6.97. The van der Waals surface area contributed by atoms with Crippen LogP contribution in [0.3, 0.4) is 0 Å². The van der Waals surface area contributed by atoms with E-state index < -0.39 is 0 Å². The minimum Gasteiger partial charge on any atom is -0.384 e. The molecule has 0 aliphatic carbocycles. The van der Waals surface area contributed by atoms with Crippen LogP contribution in [0.5, 0.6) is 0 Å². The van der Waals surface area contributed by atoms with Gasteiger partial charge in [-0.25, -0.2) is 0 Å². The maximum absolute atomic E-state index is 3.17. The number of rotatable bonds is 0. The molecule has 0 spiro atoms. The first-order valence-electron chi connectivity index (χ1n) is 3.32. The number of aromatic nitrogens is 1. The molecule has 2 aromatic rings. The van der Waals surface area contributed by atoms with Crippen LogP contribution in [-0.2, 0) is 32.7 Å². The number of hydrogen-bond donors (Lipinski definition) is 1. The average molecular weight is 219 g/mol. The fourth-order valence-electron chi connectivity index (χ4n) is 1.15. The molecule has 50 valence electrons. The Morgan fingerprint density at radius 3 is 3.00 bits per heavy atom. The van der Waals surface area contributed by atoms with Crippen molar-refractivity contribution in [1.29, 1.82) is 0 Å². The molecule has 0 atom stereocenters. The Bertz CT molecular complexity index is 351. The SMILES string of the molecule is Cc1c[nH]c2cc[c-]cc12.[Y+3]. The molecular formula is C9H8NY+2. The molecule has 0 unspecified atom stereocenters. The van der Waals surface area contributed by atoms with E-state index in [0.29, 0.717) is 0 Å². The quantitative estimate of drug-likeness (QED) is 0.654. The van der Waals surface area contributed by atoms with Gasteiger partial charge in [0.2, 0.25) is 0 Å². The van der Waals surface area contributed by atoms with Gasteiger partial charge in [0.1, 0.15) is 0 Å². The van der Waals surface area contributed by atoms with Crippen molar-refractivity contribution in [2.75, 3.05) is 0 Å². The fraction of sp³-hybridized carbons (Fsp3) is 0.111. The topological polar surface area (TPSA) is 15.8 Å². The number of H-pyrrole nitrogens is 1. The number of fused-ring (bicyclic) bond motifs is 1. The summed E-state index contributed by atoms with van der Waals surface area (Å²) in [6, 6.07) is 8.99. The summed E-state index contributed by atoms with van der Waals surface area (Å²) in [6.45, 7) is 2.09. The predicted octanol–water partition coefficient (Wildman–Crippen LogP) is 2.27. The van der Waals surface area contributed by atoms with Crippen LogP contribution in [0.15, 0.2) is 24.4 Å². The second-order valence-electron chi connectivity index (χ2n) is 2.44. The first-order valence-corrected chi connectivity index (χ1v) is 3.32. The van der Waals surface area contributed by atoms with Gasteiger partial charge in [0, 0.05) is 0 Å². The van der Waals surface area contributed by atoms with Gasteiger partial charge < -0.3 is 4.98 Å². The minimum atomic E-state index is 0. The Balaban J connectivity index is 0.000000605. The Morgan fingerprint density at radius 1 is 1.45 bits per heavy atom. The number of aryl methyl sites for hydroxylation is 1. The average Bonchev–Trinajstić information content (AvgIpc) is 2.34. The van der Waals surface area contributed by atoms with Gasteiger partial charge in [-0.05, 0) is 13.1 Å². The molecule has 1 aromatic carbocycles. The van der Waals surface area contributed by atoms with E-state index in [1.54, 1.807) is 0 Å². The van der Waals surface area contributed by atoms with Crippen LogP contribution in [0, 0.1) is 13.0 Å². The smallest absolute Gasteiger partial charge is 0.384 e. The predicted molar refractivity (Wildman–Crippen MR) is 41.9 cm³/mol. The van der Waals surface area contributed by atoms with Crippen molar-refractivity contribution in [3.63, 3.8) is 0 Å². The van der Waals surface area contributed by atoms with E-state index in [9.17, 15) is 0 Å². The van der Waals surface area contributed by atoms with Crippen molar-refractivity contribution in [1.82, 2.24) is 4.98 Å². The maximum Gasteiger partial charge on any atom is 3.00 e. The fourth-order valence-corrected chi connectivity index (χ4v) is 1.15. The normalized spacial score (nSPS) is 9.55. The van der Waals surface area contributed by atoms with Gasteiger partial charge in [-0.1, -0.05) is 11.1 Å². The van der Waals surface area contributed by atoms with Crippen LogP contribution in [0.2, 0.25) is 0 Å². The third kappa shape index (κ3) is 1.55. The Hall–Kier alpha value is -0.136. The molecule has 0 radical (unpaired) electrons. The van der Waals surface area contributed by atoms with Gasteiger partial charge in [0.25, 0.3) is 0 Å². The minimum absolute atomic E-state index is 0. The zero-order valence-electron chi connectivity index (χ0n) is 6.39. The first-order chi connectivity index (χ1) is 4.88. The van der Waals surface area contributed by atoms with Crippen molar-refractivity contribution in [2.24, 2.45) is 0 Å². The molecule has 2 rings (SSSR count). The molecule has 0 amide bonds. The summed E-state index contributed by atoms with van der Waals surface area (Å²) < 4.78 is 0. The molecular weight excluding hydrogens is 211 g/mol. The molecule has 11 heavy (non-hydrogen) atoms. The van der Waals surface area contributed by atoms with Gasteiger partial charge in [-0.15, -0.1) is 11.5 Å². The van der Waals surface area contributed by atoms with Gasteiger partial charge in [0.05, 0.1) is 0 Å². The van der Waals surface area contributed by atoms with Crippen LogP contribution in [0.1, 0.15) is 5.56 Å². The van der Waals surface area contributed by atoms with E-state index in [0.717, 1.165) is 0 Å². The molecule has 0 fully saturated rings. The van der Waals surface area contributed by atoms with Crippen LogP contribution >= 0.6 is 0 Å². The summed E-state index contributed by atoms with van der Waals surface area (Å²) in [7, 11) is 0. The molecule has 1 N–H and O–H groups in total. The zero-order valence-corrected chi connectivity index (χ0v) is 9.23. The molecule has 1 aromatic heterocycles. The molecule has 0 saturated carbocycles. The second kappa shape index (κ2) is 3.51. The van der Waals surface area contributed by atoms with E-state index in [1.807, 2.05) is 24.4 Å². The summed E-state index contributed by atoms with van der Waals surface area (Å²) >= 11 is 0. The second-order valence-corrected chi connectivity index (χ2v) is 2.44. The van der Waals surface area contributed by atoms with Crippen LogP contribution in [0.4, 0.5) is 0 Å². The summed E-state index contributed by atoms with van der Waals surface area (Å²) in [6.07, 6.45) is 2.01. The van der Waals surface area contributed by atoms with Crippen molar-refractivity contribution >= 4 is 10.9 Å². The number of hydrogen-bond acceptors (Lipinski definition) is 0. The van der Waals surface area contributed by atoms with Gasteiger partial charge in [-0.3, -0.25) is 0 Å². The van der Waals surface area contributed by atoms with Crippen LogP contribution in [0.25, 0.3) is 10.9 Å². The van der Waals surface area contributed by atoms with Crippen molar-refractivity contribution in [3.05, 3.63) is 36.0 Å². The molecule has 0 bridgehead atoms. The van der Waals surface area contributed by atoms with E-state index in [4.69, 9.17) is 0 Å². The van der Waals surface area contributed by atoms with Gasteiger partial charge >= 0.3 is 32.7 Å². The summed E-state index contributed by atoms with van der Waals surface area (Å²) in [5, 5.41) is 1.27. The molecule has 0 saturated heterocycles. The van der Waals surface area contributed by atoms with Gasteiger partial charge in [-0.2, -0.15) is 18.2 Å². The van der Waals surface area contributed by atoms with E-state index in [-0.39, 0.29) is 32.7 Å². The number of nitrogens with one attached hydrogen (secondary N) is 1. The third-order valence-electron chi connectivity index (χ3n) is 1.73. The molecule has 0 aliphatic heterocycles. The Labute approximate surface area is 91.1 Å². The Kier molecular flexibility index (Phi) is 2.86. The summed E-state index contributed by atoms with van der Waals surface area (Å²) in [5.41, 5.74) is 2.48. The molecule has 2 heteroatoms. The molecule has 1 heterocycles. The Morgan fingerprint density at radius 2 is 2.27 bits per heavy atom. The largest absolute Gasteiger partial charge is 3.00 e. The third-order valence-corrected chi connectivity index (χ3v) is 1.73. The van der Waals surface area contributed by atoms with E-state index in [2.05, 4.69) is 18.0 Å². The number of aromatic amines is 1.